The van der Waals surface area contributed by atoms with Crippen LogP contribution in [0.4, 0.5) is 11.4 Å². The zero-order chi connectivity index (χ0) is 25.3. The highest BCUT2D eigenvalue weighted by Gasteiger charge is 2.22. The van der Waals surface area contributed by atoms with Gasteiger partial charge in [0.2, 0.25) is 0 Å². The van der Waals surface area contributed by atoms with Crippen molar-refractivity contribution in [2.45, 2.75) is 13.8 Å². The van der Waals surface area contributed by atoms with Gasteiger partial charge in [-0.15, -0.1) is 0 Å². The summed E-state index contributed by atoms with van der Waals surface area (Å²) >= 11 is 15.6. The summed E-state index contributed by atoms with van der Waals surface area (Å²) in [5, 5.41) is 6.90. The van der Waals surface area contributed by atoms with Crippen LogP contribution < -0.4 is 16.1 Å². The largest absolute Gasteiger partial charge is 0.328 e. The Bertz CT molecular complexity index is 1500. The summed E-state index contributed by atoms with van der Waals surface area (Å²) in [4.78, 5) is 38.6. The fourth-order valence-electron chi connectivity index (χ4n) is 3.47. The fourth-order valence-corrected chi connectivity index (χ4v) is 4.07. The van der Waals surface area contributed by atoms with Crippen LogP contribution in [0.1, 0.15) is 21.6 Å². The molecule has 10 heteroatoms. The van der Waals surface area contributed by atoms with Crippen molar-refractivity contribution >= 4 is 79.1 Å². The zero-order valence-corrected chi connectivity index (χ0v) is 21.7. The average Bonchev–Trinajstić information content (AvgIpc) is 3.16. The first-order chi connectivity index (χ1) is 16.6. The van der Waals surface area contributed by atoms with Crippen molar-refractivity contribution in [2.75, 3.05) is 16.1 Å². The molecular formula is C25H19BrCl2N4O3. The van der Waals surface area contributed by atoms with Gasteiger partial charge < -0.3 is 10.6 Å². The molecule has 0 radical (unpaired) electrons. The Labute approximate surface area is 219 Å². The minimum atomic E-state index is -0.967. The molecule has 1 aromatic heterocycles. The molecule has 1 heterocycles. The van der Waals surface area contributed by atoms with Gasteiger partial charge in [0.05, 0.1) is 5.52 Å². The Kier molecular flexibility index (Phi) is 7.16. The van der Waals surface area contributed by atoms with Crippen LogP contribution in [0.25, 0.3) is 10.9 Å². The molecular weight excluding hydrogens is 555 g/mol. The molecule has 0 fully saturated rings. The lowest BCUT2D eigenvalue weighted by molar-refractivity contribution is -0.133. The quantitative estimate of drug-likeness (QED) is 0.251. The van der Waals surface area contributed by atoms with E-state index in [-0.39, 0.29) is 5.69 Å². The van der Waals surface area contributed by atoms with Gasteiger partial charge in [-0.1, -0.05) is 45.2 Å². The minimum Gasteiger partial charge on any atom is -0.321 e. The van der Waals surface area contributed by atoms with Crippen LogP contribution >= 0.6 is 39.1 Å². The molecule has 0 atom stereocenters. The second-order valence-electron chi connectivity index (χ2n) is 7.79. The molecule has 3 N–H and O–H groups in total. The lowest BCUT2D eigenvalue weighted by Gasteiger charge is -2.14. The zero-order valence-electron chi connectivity index (χ0n) is 18.6. The van der Waals surface area contributed by atoms with E-state index in [2.05, 4.69) is 32.0 Å². The van der Waals surface area contributed by atoms with E-state index in [0.29, 0.717) is 37.9 Å². The predicted octanol–water partition coefficient (Wildman–Crippen LogP) is 6.29. The average molecular weight is 574 g/mol. The molecule has 3 aromatic carbocycles. The third kappa shape index (κ3) is 5.35. The maximum Gasteiger partial charge on any atom is 0.328 e. The maximum absolute atomic E-state index is 13.2. The van der Waals surface area contributed by atoms with Gasteiger partial charge in [0, 0.05) is 31.3 Å². The lowest BCUT2D eigenvalue weighted by atomic mass is 10.2. The van der Waals surface area contributed by atoms with Gasteiger partial charge in [0.15, 0.2) is 0 Å². The van der Waals surface area contributed by atoms with E-state index in [1.165, 1.54) is 4.68 Å². The Morgan fingerprint density at radius 2 is 1.66 bits per heavy atom. The summed E-state index contributed by atoms with van der Waals surface area (Å²) in [5.41, 5.74) is 5.67. The highest BCUT2D eigenvalue weighted by atomic mass is 79.9. The number of nitrogens with zero attached hydrogens (tertiary/aromatic N) is 1. The van der Waals surface area contributed by atoms with Crippen LogP contribution in [-0.2, 0) is 9.59 Å². The van der Waals surface area contributed by atoms with E-state index in [1.807, 2.05) is 19.1 Å². The van der Waals surface area contributed by atoms with Crippen LogP contribution in [-0.4, -0.2) is 22.4 Å². The summed E-state index contributed by atoms with van der Waals surface area (Å²) in [6.45, 7) is 3.63. The number of amides is 3. The molecule has 0 bridgehead atoms. The van der Waals surface area contributed by atoms with Crippen molar-refractivity contribution in [3.05, 3.63) is 92.0 Å². The molecule has 0 saturated carbocycles. The summed E-state index contributed by atoms with van der Waals surface area (Å²) in [6, 6.07) is 16.9. The maximum atomic E-state index is 13.2. The van der Waals surface area contributed by atoms with Gasteiger partial charge in [0.25, 0.3) is 5.91 Å². The second-order valence-corrected chi connectivity index (χ2v) is 9.49. The molecule has 0 aliphatic carbocycles. The van der Waals surface area contributed by atoms with Crippen LogP contribution in [0.5, 0.6) is 0 Å². The first-order valence-electron chi connectivity index (χ1n) is 10.4. The van der Waals surface area contributed by atoms with Crippen LogP contribution in [0.15, 0.2) is 65.1 Å². The molecule has 178 valence electrons. The number of benzene rings is 3. The van der Waals surface area contributed by atoms with Crippen molar-refractivity contribution in [1.82, 2.24) is 4.68 Å². The fraction of sp³-hybridized carbons (Fsp3) is 0.0800. The summed E-state index contributed by atoms with van der Waals surface area (Å²) in [5.74, 6) is -2.36. The van der Waals surface area contributed by atoms with E-state index in [9.17, 15) is 14.4 Å². The van der Waals surface area contributed by atoms with Crippen molar-refractivity contribution in [2.24, 2.45) is 0 Å². The Morgan fingerprint density at radius 1 is 0.886 bits per heavy atom. The standard InChI is InChI=1S/C25H19BrCl2N4O3/c1-13-10-17(7-8-18(13)26)29-23(33)22-12-15-11-16(27)6-9-21(15)32(22)31-25(35)24(34)30-20-5-3-4-19(28)14(20)2/h3-12H,1-2H3,(H,29,33)(H,30,34)(H,31,35). The smallest absolute Gasteiger partial charge is 0.321 e. The molecule has 0 saturated heterocycles. The molecule has 7 nitrogen and oxygen atoms in total. The number of aryl methyl sites for hydroxylation is 1. The van der Waals surface area contributed by atoms with Crippen molar-refractivity contribution in [1.29, 1.82) is 0 Å². The summed E-state index contributed by atoms with van der Waals surface area (Å²) < 4.78 is 2.17. The summed E-state index contributed by atoms with van der Waals surface area (Å²) in [7, 11) is 0. The van der Waals surface area contributed by atoms with E-state index in [1.54, 1.807) is 55.5 Å². The number of hydrogen-bond donors (Lipinski definition) is 3. The first kappa shape index (κ1) is 24.8. The van der Waals surface area contributed by atoms with Gasteiger partial charge in [-0.3, -0.25) is 19.8 Å². The number of rotatable bonds is 4. The van der Waals surface area contributed by atoms with Crippen LogP contribution in [0.3, 0.4) is 0 Å². The van der Waals surface area contributed by atoms with Crippen molar-refractivity contribution < 1.29 is 14.4 Å². The number of carbonyl (C=O) groups excluding carboxylic acids is 3. The van der Waals surface area contributed by atoms with Gasteiger partial charge >= 0.3 is 11.8 Å². The molecule has 0 spiro atoms. The van der Waals surface area contributed by atoms with E-state index in [4.69, 9.17) is 23.2 Å². The molecule has 4 aromatic rings. The van der Waals surface area contributed by atoms with Crippen molar-refractivity contribution in [3.8, 4) is 0 Å². The number of anilines is 2. The normalized spacial score (nSPS) is 10.8. The Hall–Kier alpha value is -3.33. The van der Waals surface area contributed by atoms with E-state index in [0.717, 1.165) is 10.0 Å². The first-order valence-corrected chi connectivity index (χ1v) is 11.9. The Balaban J connectivity index is 1.64. The minimum absolute atomic E-state index is 0.114. The van der Waals surface area contributed by atoms with Crippen molar-refractivity contribution in [3.63, 3.8) is 0 Å². The molecule has 35 heavy (non-hydrogen) atoms. The Morgan fingerprint density at radius 3 is 2.40 bits per heavy atom. The van der Waals surface area contributed by atoms with Crippen LogP contribution in [0.2, 0.25) is 10.0 Å². The van der Waals surface area contributed by atoms with Crippen LogP contribution in [0, 0.1) is 13.8 Å². The highest BCUT2D eigenvalue weighted by molar-refractivity contribution is 9.10. The molecule has 3 amide bonds. The molecule has 0 aliphatic rings. The number of hydrogen-bond acceptors (Lipinski definition) is 3. The van der Waals surface area contributed by atoms with Gasteiger partial charge in [-0.05, 0) is 79.6 Å². The third-order valence-corrected chi connectivity index (χ3v) is 6.88. The number of aromatic nitrogens is 1. The number of fused-ring (bicyclic) bond motifs is 1. The van der Waals surface area contributed by atoms with Gasteiger partial charge in [-0.25, -0.2) is 4.68 Å². The highest BCUT2D eigenvalue weighted by Crippen LogP contribution is 2.26. The molecule has 4 rings (SSSR count). The van der Waals surface area contributed by atoms with Gasteiger partial charge in [0.1, 0.15) is 5.69 Å². The second kappa shape index (κ2) is 10.1. The predicted molar refractivity (Wildman–Crippen MR) is 143 cm³/mol. The van der Waals surface area contributed by atoms with E-state index < -0.39 is 17.7 Å². The topological polar surface area (TPSA) is 92.2 Å². The van der Waals surface area contributed by atoms with Gasteiger partial charge in [-0.2, -0.15) is 0 Å². The summed E-state index contributed by atoms with van der Waals surface area (Å²) in [6.07, 6.45) is 0. The monoisotopic (exact) mass is 572 g/mol. The third-order valence-electron chi connectivity index (χ3n) is 5.35. The lowest BCUT2D eigenvalue weighted by Crippen LogP contribution is -2.36. The number of nitrogens with one attached hydrogen (secondary N) is 3. The number of carbonyl (C=O) groups is 3. The molecule has 0 aliphatic heterocycles. The SMILES string of the molecule is Cc1cc(NC(=O)c2cc3cc(Cl)ccc3n2NC(=O)C(=O)Nc2cccc(Cl)c2C)ccc1Br. The molecule has 0 unspecified atom stereocenters. The van der Waals surface area contributed by atoms with E-state index >= 15 is 0 Å². The number of halogens is 3.